The standard InChI is InChI=1S/C22H20N2/c1-14-10-11-18-12-22-20(13-21(18)23-16(14)3)15(2)17(4)24(22)19-8-6-5-7-9-19/h5-13,23H,1,3H2,2,4H3. The smallest absolute Gasteiger partial charge is 0.0541 e. The molecular weight excluding hydrogens is 292 g/mol. The minimum atomic E-state index is 0.848. The number of nitrogens with one attached hydrogen (secondary N) is 1. The van der Waals surface area contributed by atoms with Crippen LogP contribution in [0.5, 0.6) is 0 Å². The van der Waals surface area contributed by atoms with Crippen LogP contribution in [-0.4, -0.2) is 4.57 Å². The Labute approximate surface area is 142 Å². The zero-order valence-electron chi connectivity index (χ0n) is 14.1. The third kappa shape index (κ3) is 2.11. The second kappa shape index (κ2) is 5.27. The third-order valence-electron chi connectivity index (χ3n) is 4.84. The van der Waals surface area contributed by atoms with Crippen LogP contribution < -0.4 is 5.32 Å². The van der Waals surface area contributed by atoms with E-state index in [9.17, 15) is 0 Å². The largest absolute Gasteiger partial charge is 0.355 e. The van der Waals surface area contributed by atoms with E-state index < -0.39 is 0 Å². The van der Waals surface area contributed by atoms with Gasteiger partial charge >= 0.3 is 0 Å². The van der Waals surface area contributed by atoms with Gasteiger partial charge in [0.1, 0.15) is 0 Å². The lowest BCUT2D eigenvalue weighted by molar-refractivity contribution is 1.04. The Morgan fingerprint density at radius 3 is 2.46 bits per heavy atom. The van der Waals surface area contributed by atoms with Crippen LogP contribution in [0.4, 0.5) is 5.69 Å². The van der Waals surface area contributed by atoms with Gasteiger partial charge in [0.15, 0.2) is 0 Å². The molecule has 0 saturated heterocycles. The molecule has 0 radical (unpaired) electrons. The van der Waals surface area contributed by atoms with Gasteiger partial charge in [-0.25, -0.2) is 0 Å². The van der Waals surface area contributed by atoms with Crippen molar-refractivity contribution in [2.24, 2.45) is 0 Å². The van der Waals surface area contributed by atoms with Crippen LogP contribution in [-0.2, 0) is 0 Å². The van der Waals surface area contributed by atoms with Crippen molar-refractivity contribution in [2.75, 3.05) is 5.32 Å². The van der Waals surface area contributed by atoms with Crippen LogP contribution in [0, 0.1) is 13.8 Å². The summed E-state index contributed by atoms with van der Waals surface area (Å²) < 4.78 is 2.33. The van der Waals surface area contributed by atoms with Crippen LogP contribution >= 0.6 is 0 Å². The van der Waals surface area contributed by atoms with E-state index in [4.69, 9.17) is 0 Å². The second-order valence-electron chi connectivity index (χ2n) is 6.30. The summed E-state index contributed by atoms with van der Waals surface area (Å²) in [7, 11) is 0. The Bertz CT molecular complexity index is 1020. The molecule has 2 heteroatoms. The van der Waals surface area contributed by atoms with Gasteiger partial charge in [0, 0.05) is 33.7 Å². The average molecular weight is 312 g/mol. The Hall–Kier alpha value is -3.00. The highest BCUT2D eigenvalue weighted by molar-refractivity contribution is 5.94. The van der Waals surface area contributed by atoms with E-state index in [1.807, 2.05) is 12.1 Å². The average Bonchev–Trinajstić information content (AvgIpc) is 2.74. The molecule has 1 aliphatic heterocycles. The lowest BCUT2D eigenvalue weighted by Crippen LogP contribution is -1.99. The summed E-state index contributed by atoms with van der Waals surface area (Å²) in [4.78, 5) is 0. The van der Waals surface area contributed by atoms with Gasteiger partial charge in [-0.2, -0.15) is 0 Å². The van der Waals surface area contributed by atoms with Crippen molar-refractivity contribution in [1.29, 1.82) is 0 Å². The number of anilines is 1. The first-order valence-corrected chi connectivity index (χ1v) is 8.10. The highest BCUT2D eigenvalue weighted by Gasteiger charge is 2.16. The van der Waals surface area contributed by atoms with Crippen molar-refractivity contribution in [1.82, 2.24) is 4.57 Å². The number of nitrogens with zero attached hydrogens (tertiary/aromatic N) is 1. The van der Waals surface area contributed by atoms with E-state index in [2.05, 4.69) is 79.4 Å². The summed E-state index contributed by atoms with van der Waals surface area (Å²) in [6.45, 7) is 12.5. The van der Waals surface area contributed by atoms with Gasteiger partial charge in [0.25, 0.3) is 0 Å². The summed E-state index contributed by atoms with van der Waals surface area (Å²) in [5.41, 5.74) is 8.97. The molecule has 2 aromatic carbocycles. The number of hydrogen-bond acceptors (Lipinski definition) is 1. The van der Waals surface area contributed by atoms with Gasteiger partial charge < -0.3 is 9.88 Å². The van der Waals surface area contributed by atoms with Crippen molar-refractivity contribution in [2.45, 2.75) is 13.8 Å². The fraction of sp³-hybridized carbons (Fsp3) is 0.0909. The van der Waals surface area contributed by atoms with Crippen LogP contribution in [0.25, 0.3) is 22.7 Å². The number of benzene rings is 2. The molecule has 0 spiro atoms. The molecule has 0 fully saturated rings. The van der Waals surface area contributed by atoms with E-state index >= 15 is 0 Å². The van der Waals surface area contributed by atoms with Gasteiger partial charge in [-0.3, -0.25) is 0 Å². The fourth-order valence-corrected chi connectivity index (χ4v) is 3.32. The minimum Gasteiger partial charge on any atom is -0.355 e. The van der Waals surface area contributed by atoms with E-state index in [0.29, 0.717) is 0 Å². The maximum Gasteiger partial charge on any atom is 0.0541 e. The zero-order chi connectivity index (χ0) is 16.8. The first-order chi connectivity index (χ1) is 11.6. The van der Waals surface area contributed by atoms with E-state index in [0.717, 1.165) is 22.5 Å². The van der Waals surface area contributed by atoms with Gasteiger partial charge in [-0.05, 0) is 49.2 Å². The molecule has 2 heterocycles. The highest BCUT2D eigenvalue weighted by atomic mass is 15.0. The lowest BCUT2D eigenvalue weighted by atomic mass is 10.1. The molecule has 1 N–H and O–H groups in total. The maximum atomic E-state index is 4.06. The number of aromatic nitrogens is 1. The summed E-state index contributed by atoms with van der Waals surface area (Å²) in [6, 6.07) is 15.0. The Kier molecular flexibility index (Phi) is 3.20. The molecule has 1 aromatic heterocycles. The molecule has 3 aromatic rings. The molecule has 0 aliphatic carbocycles. The molecule has 0 amide bonds. The number of allylic oxidation sites excluding steroid dienone is 1. The Morgan fingerprint density at radius 1 is 0.958 bits per heavy atom. The molecule has 1 aliphatic rings. The Morgan fingerprint density at radius 2 is 1.71 bits per heavy atom. The number of hydrogen-bond donors (Lipinski definition) is 1. The van der Waals surface area contributed by atoms with Crippen LogP contribution in [0.3, 0.4) is 0 Å². The zero-order valence-corrected chi connectivity index (χ0v) is 14.1. The summed E-state index contributed by atoms with van der Waals surface area (Å²) in [5, 5.41) is 4.65. The molecule has 0 saturated carbocycles. The van der Waals surface area contributed by atoms with Crippen LogP contribution in [0.2, 0.25) is 0 Å². The molecule has 118 valence electrons. The summed E-state index contributed by atoms with van der Waals surface area (Å²) >= 11 is 0. The topological polar surface area (TPSA) is 17.0 Å². The van der Waals surface area contributed by atoms with Crippen molar-refractivity contribution in [3.8, 4) is 5.69 Å². The highest BCUT2D eigenvalue weighted by Crippen LogP contribution is 2.35. The lowest BCUT2D eigenvalue weighted by Gasteiger charge is -2.12. The number of para-hydroxylation sites is 1. The van der Waals surface area contributed by atoms with E-state index in [-0.39, 0.29) is 0 Å². The SMILES string of the molecule is C=C1C=Cc2cc3c(cc2NC1=C)c(C)c(C)n3-c1ccccc1. The molecule has 0 unspecified atom stereocenters. The van der Waals surface area contributed by atoms with Crippen molar-refractivity contribution >= 4 is 22.7 Å². The van der Waals surface area contributed by atoms with Crippen LogP contribution in [0.1, 0.15) is 16.8 Å². The van der Waals surface area contributed by atoms with Gasteiger partial charge in [-0.1, -0.05) is 43.5 Å². The van der Waals surface area contributed by atoms with Gasteiger partial charge in [0.05, 0.1) is 5.52 Å². The fourth-order valence-electron chi connectivity index (χ4n) is 3.32. The first kappa shape index (κ1) is 14.6. The predicted octanol–water partition coefficient (Wildman–Crippen LogP) is 5.76. The Balaban J connectivity index is 2.03. The van der Waals surface area contributed by atoms with Crippen molar-refractivity contribution in [3.63, 3.8) is 0 Å². The molecule has 24 heavy (non-hydrogen) atoms. The third-order valence-corrected chi connectivity index (χ3v) is 4.84. The number of fused-ring (bicyclic) bond motifs is 2. The molecule has 0 bridgehead atoms. The maximum absolute atomic E-state index is 4.06. The predicted molar refractivity (Wildman–Crippen MR) is 104 cm³/mol. The minimum absolute atomic E-state index is 0.848. The molecule has 0 atom stereocenters. The molecular formula is C22H20N2. The monoisotopic (exact) mass is 312 g/mol. The van der Waals surface area contributed by atoms with Crippen molar-refractivity contribution < 1.29 is 0 Å². The molecule has 2 nitrogen and oxygen atoms in total. The number of rotatable bonds is 1. The summed E-state index contributed by atoms with van der Waals surface area (Å²) in [6.07, 6.45) is 4.12. The van der Waals surface area contributed by atoms with E-state index in [1.54, 1.807) is 0 Å². The van der Waals surface area contributed by atoms with Gasteiger partial charge in [-0.15, -0.1) is 0 Å². The number of aryl methyl sites for hydroxylation is 1. The molecule has 4 rings (SSSR count). The normalized spacial score (nSPS) is 13.8. The van der Waals surface area contributed by atoms with Crippen molar-refractivity contribution in [3.05, 3.63) is 89.8 Å². The van der Waals surface area contributed by atoms with Crippen LogP contribution in [0.15, 0.2) is 73.0 Å². The van der Waals surface area contributed by atoms with Gasteiger partial charge in [0.2, 0.25) is 0 Å². The first-order valence-electron chi connectivity index (χ1n) is 8.10. The quantitative estimate of drug-likeness (QED) is 0.605. The summed E-state index contributed by atoms with van der Waals surface area (Å²) in [5.74, 6) is 0. The van der Waals surface area contributed by atoms with E-state index in [1.165, 1.54) is 27.8 Å². The second-order valence-corrected chi connectivity index (χ2v) is 6.30.